The number of nitrogen functional groups attached to an aromatic ring is 1. The van der Waals surface area contributed by atoms with Crippen LogP contribution in [0.5, 0.6) is 0 Å². The molecule has 0 aliphatic heterocycles. The zero-order valence-corrected chi connectivity index (χ0v) is 10.3. The molecule has 19 heavy (non-hydrogen) atoms. The molecule has 2 aromatic carbocycles. The van der Waals surface area contributed by atoms with Crippen LogP contribution in [-0.2, 0) is 0 Å². The predicted octanol–water partition coefficient (Wildman–Crippen LogP) is 3.90. The summed E-state index contributed by atoms with van der Waals surface area (Å²) in [6.07, 6.45) is 0. The minimum absolute atomic E-state index is 0.111. The maximum atomic E-state index is 10.8. The maximum Gasteiger partial charge on any atom is 0.294 e. The molecule has 0 saturated carbocycles. The Morgan fingerprint density at radius 1 is 1.16 bits per heavy atom. The smallest absolute Gasteiger partial charge is 0.294 e. The van der Waals surface area contributed by atoms with Gasteiger partial charge < -0.3 is 5.73 Å². The number of nitrogens with two attached hydrogens (primary N) is 1. The van der Waals surface area contributed by atoms with Crippen LogP contribution in [0.25, 0.3) is 0 Å². The van der Waals surface area contributed by atoms with Crippen molar-refractivity contribution < 1.29 is 4.92 Å². The van der Waals surface area contributed by atoms with Crippen molar-refractivity contribution in [2.45, 2.75) is 6.92 Å². The summed E-state index contributed by atoms with van der Waals surface area (Å²) in [5.74, 6) is 0. The van der Waals surface area contributed by atoms with E-state index in [1.54, 1.807) is 6.07 Å². The summed E-state index contributed by atoms with van der Waals surface area (Å²) in [6, 6.07) is 11.8. The second kappa shape index (κ2) is 5.26. The van der Waals surface area contributed by atoms with Gasteiger partial charge in [0.25, 0.3) is 5.69 Å². The molecular weight excluding hydrogens is 244 g/mol. The summed E-state index contributed by atoms with van der Waals surface area (Å²) in [5, 5.41) is 18.8. The highest BCUT2D eigenvalue weighted by Gasteiger charge is 2.11. The predicted molar refractivity (Wildman–Crippen MR) is 72.9 cm³/mol. The van der Waals surface area contributed by atoms with E-state index in [-0.39, 0.29) is 11.4 Å². The van der Waals surface area contributed by atoms with Crippen LogP contribution in [0.3, 0.4) is 0 Å². The lowest BCUT2D eigenvalue weighted by molar-refractivity contribution is -0.383. The van der Waals surface area contributed by atoms with Gasteiger partial charge in [0.15, 0.2) is 0 Å². The Balaban J connectivity index is 2.32. The van der Waals surface area contributed by atoms with E-state index < -0.39 is 4.92 Å². The zero-order valence-electron chi connectivity index (χ0n) is 10.3. The van der Waals surface area contributed by atoms with E-state index in [4.69, 9.17) is 5.73 Å². The van der Waals surface area contributed by atoms with Crippen molar-refractivity contribution >= 4 is 22.7 Å². The maximum absolute atomic E-state index is 10.8. The van der Waals surface area contributed by atoms with Crippen LogP contribution in [-0.4, -0.2) is 4.92 Å². The number of hydrogen-bond donors (Lipinski definition) is 1. The second-order valence-corrected chi connectivity index (χ2v) is 3.99. The van der Waals surface area contributed by atoms with Gasteiger partial charge in [0.1, 0.15) is 5.69 Å². The van der Waals surface area contributed by atoms with E-state index in [1.165, 1.54) is 12.1 Å². The number of anilines is 1. The second-order valence-electron chi connectivity index (χ2n) is 3.99. The van der Waals surface area contributed by atoms with E-state index in [9.17, 15) is 10.1 Å². The van der Waals surface area contributed by atoms with E-state index in [1.807, 2.05) is 31.2 Å². The first-order chi connectivity index (χ1) is 9.08. The van der Waals surface area contributed by atoms with Crippen molar-refractivity contribution in [3.8, 4) is 0 Å². The van der Waals surface area contributed by atoms with Gasteiger partial charge in [-0.3, -0.25) is 10.1 Å². The summed E-state index contributed by atoms with van der Waals surface area (Å²) in [6.45, 7) is 1.92. The monoisotopic (exact) mass is 256 g/mol. The molecule has 96 valence electrons. The van der Waals surface area contributed by atoms with Crippen LogP contribution in [0, 0.1) is 17.0 Å². The van der Waals surface area contributed by atoms with Crippen molar-refractivity contribution in [3.05, 3.63) is 58.1 Å². The van der Waals surface area contributed by atoms with E-state index in [0.717, 1.165) is 11.3 Å². The largest absolute Gasteiger partial charge is 0.393 e. The Labute approximate surface area is 109 Å². The Morgan fingerprint density at radius 2 is 1.89 bits per heavy atom. The topological polar surface area (TPSA) is 93.9 Å². The van der Waals surface area contributed by atoms with Gasteiger partial charge in [-0.15, -0.1) is 0 Å². The molecule has 2 rings (SSSR count). The van der Waals surface area contributed by atoms with Crippen LogP contribution in [0.2, 0.25) is 0 Å². The number of azo groups is 1. The third kappa shape index (κ3) is 2.92. The number of rotatable bonds is 3. The highest BCUT2D eigenvalue weighted by Crippen LogP contribution is 2.28. The molecule has 0 amide bonds. The molecule has 0 unspecified atom stereocenters. The van der Waals surface area contributed by atoms with Crippen molar-refractivity contribution in [2.24, 2.45) is 10.2 Å². The molecule has 0 atom stereocenters. The third-order valence-electron chi connectivity index (χ3n) is 2.60. The van der Waals surface area contributed by atoms with Crippen LogP contribution >= 0.6 is 0 Å². The number of hydrogen-bond acceptors (Lipinski definition) is 5. The highest BCUT2D eigenvalue weighted by molar-refractivity contribution is 5.63. The fourth-order valence-electron chi connectivity index (χ4n) is 1.54. The van der Waals surface area contributed by atoms with Gasteiger partial charge >= 0.3 is 0 Å². The third-order valence-corrected chi connectivity index (χ3v) is 2.60. The summed E-state index contributed by atoms with van der Waals surface area (Å²) in [5.41, 5.74) is 7.55. The molecule has 0 radical (unpaired) electrons. The summed E-state index contributed by atoms with van der Waals surface area (Å²) >= 11 is 0. The first kappa shape index (κ1) is 12.7. The minimum atomic E-state index is -0.540. The van der Waals surface area contributed by atoms with Crippen LogP contribution < -0.4 is 5.73 Å². The van der Waals surface area contributed by atoms with Gasteiger partial charge in [-0.25, -0.2) is 0 Å². The Kier molecular flexibility index (Phi) is 3.51. The van der Waals surface area contributed by atoms with Crippen LogP contribution in [0.4, 0.5) is 22.7 Å². The molecule has 0 aliphatic rings. The molecule has 0 heterocycles. The molecule has 0 aliphatic carbocycles. The van der Waals surface area contributed by atoms with Crippen LogP contribution in [0.15, 0.2) is 52.7 Å². The molecule has 2 N–H and O–H groups in total. The molecule has 0 saturated heterocycles. The van der Waals surface area contributed by atoms with Crippen molar-refractivity contribution in [3.63, 3.8) is 0 Å². The fraction of sp³-hybridized carbons (Fsp3) is 0.0769. The summed E-state index contributed by atoms with van der Waals surface area (Å²) < 4.78 is 0. The van der Waals surface area contributed by atoms with Gasteiger partial charge in [-0.05, 0) is 30.7 Å². The molecule has 2 aromatic rings. The molecule has 6 nitrogen and oxygen atoms in total. The van der Waals surface area contributed by atoms with Gasteiger partial charge in [-0.1, -0.05) is 18.2 Å². The summed E-state index contributed by atoms with van der Waals surface area (Å²) in [4.78, 5) is 10.2. The van der Waals surface area contributed by atoms with E-state index in [2.05, 4.69) is 10.2 Å². The molecule has 0 spiro atoms. The molecular formula is C13H12N4O2. The molecule has 0 aromatic heterocycles. The Bertz CT molecular complexity index is 653. The van der Waals surface area contributed by atoms with Gasteiger partial charge in [-0.2, -0.15) is 10.2 Å². The molecule has 6 heteroatoms. The fourth-order valence-corrected chi connectivity index (χ4v) is 1.54. The Hall–Kier alpha value is -2.76. The number of aryl methyl sites for hydroxylation is 1. The number of nitrogens with zero attached hydrogens (tertiary/aromatic N) is 3. The van der Waals surface area contributed by atoms with E-state index >= 15 is 0 Å². The minimum Gasteiger partial charge on any atom is -0.393 e. The number of benzene rings is 2. The Morgan fingerprint density at radius 3 is 2.58 bits per heavy atom. The first-order valence-corrected chi connectivity index (χ1v) is 5.59. The standard InChI is InChI=1S/C13H12N4O2/c1-9-4-2-3-5-12(9)16-15-10-6-7-11(14)13(8-10)17(18)19/h2-8H,14H2,1H3. The lowest BCUT2D eigenvalue weighted by atomic mass is 10.2. The first-order valence-electron chi connectivity index (χ1n) is 5.59. The average molecular weight is 256 g/mol. The van der Waals surface area contributed by atoms with Crippen molar-refractivity contribution in [1.29, 1.82) is 0 Å². The molecule has 0 bridgehead atoms. The number of nitro groups is 1. The number of nitro benzene ring substituents is 1. The van der Waals surface area contributed by atoms with E-state index in [0.29, 0.717) is 5.69 Å². The lowest BCUT2D eigenvalue weighted by Gasteiger charge is -1.99. The quantitative estimate of drug-likeness (QED) is 0.390. The van der Waals surface area contributed by atoms with Crippen LogP contribution in [0.1, 0.15) is 5.56 Å². The van der Waals surface area contributed by atoms with Gasteiger partial charge in [0, 0.05) is 6.07 Å². The molecule has 0 fully saturated rings. The van der Waals surface area contributed by atoms with Crippen molar-refractivity contribution in [2.75, 3.05) is 5.73 Å². The van der Waals surface area contributed by atoms with Gasteiger partial charge in [0.05, 0.1) is 16.3 Å². The highest BCUT2D eigenvalue weighted by atomic mass is 16.6. The summed E-state index contributed by atoms with van der Waals surface area (Å²) in [7, 11) is 0. The SMILES string of the molecule is Cc1ccccc1N=Nc1ccc(N)c([N+](=O)[O-])c1. The van der Waals surface area contributed by atoms with Crippen molar-refractivity contribution in [1.82, 2.24) is 0 Å². The van der Waals surface area contributed by atoms with Gasteiger partial charge in [0.2, 0.25) is 0 Å². The normalized spacial score (nSPS) is 10.8. The lowest BCUT2D eigenvalue weighted by Crippen LogP contribution is -1.94. The zero-order chi connectivity index (χ0) is 13.8. The average Bonchev–Trinajstić information content (AvgIpc) is 2.39.